The van der Waals surface area contributed by atoms with Gasteiger partial charge in [0.25, 0.3) is 0 Å². The lowest BCUT2D eigenvalue weighted by molar-refractivity contribution is 0.411. The normalized spacial score (nSPS) is 11.3. The monoisotopic (exact) mass is 311 g/mol. The van der Waals surface area contributed by atoms with Crippen molar-refractivity contribution in [2.75, 3.05) is 12.8 Å². The molecule has 0 fully saturated rings. The maximum absolute atomic E-state index is 12.4. The van der Waals surface area contributed by atoms with Gasteiger partial charge in [-0.05, 0) is 24.3 Å². The van der Waals surface area contributed by atoms with Crippen LogP contribution < -0.4 is 10.5 Å². The van der Waals surface area contributed by atoms with Gasteiger partial charge >= 0.3 is 0 Å². The number of halogens is 1. The maximum atomic E-state index is 12.4. The van der Waals surface area contributed by atoms with Crippen LogP contribution in [-0.4, -0.2) is 15.5 Å². The lowest BCUT2D eigenvalue weighted by atomic mass is 10.2. The quantitative estimate of drug-likeness (QED) is 0.881. The zero-order valence-electron chi connectivity index (χ0n) is 10.8. The lowest BCUT2D eigenvalue weighted by Crippen LogP contribution is -2.08. The van der Waals surface area contributed by atoms with Gasteiger partial charge in [-0.2, -0.15) is 0 Å². The van der Waals surface area contributed by atoms with Crippen molar-refractivity contribution in [3.8, 4) is 5.75 Å². The topological polar surface area (TPSA) is 69.4 Å². The molecule has 0 saturated heterocycles. The van der Waals surface area contributed by atoms with Crippen molar-refractivity contribution in [3.05, 3.63) is 53.1 Å². The molecule has 0 spiro atoms. The molecule has 0 amide bonds. The number of nitrogens with two attached hydrogens (primary N) is 1. The molecule has 2 N–H and O–H groups in total. The first-order valence-corrected chi connectivity index (χ1v) is 7.87. The van der Waals surface area contributed by atoms with Crippen molar-refractivity contribution >= 4 is 27.1 Å². The molecule has 0 heterocycles. The number of hydrogen-bond donors (Lipinski definition) is 1. The van der Waals surface area contributed by atoms with Crippen LogP contribution in [-0.2, 0) is 15.6 Å². The number of rotatable bonds is 4. The number of anilines is 1. The minimum Gasteiger partial charge on any atom is -0.496 e. The fraction of sp³-hybridized carbons (Fsp3) is 0.143. The summed E-state index contributed by atoms with van der Waals surface area (Å²) in [6.45, 7) is 0. The number of methoxy groups -OCH3 is 1. The van der Waals surface area contributed by atoms with E-state index in [2.05, 4.69) is 0 Å². The van der Waals surface area contributed by atoms with E-state index in [0.29, 0.717) is 16.3 Å². The number of hydrogen-bond acceptors (Lipinski definition) is 4. The highest BCUT2D eigenvalue weighted by molar-refractivity contribution is 7.90. The number of sulfone groups is 1. The second-order valence-corrected chi connectivity index (χ2v) is 6.65. The Morgan fingerprint density at radius 1 is 1.20 bits per heavy atom. The van der Waals surface area contributed by atoms with Crippen molar-refractivity contribution in [3.63, 3.8) is 0 Å². The summed E-state index contributed by atoms with van der Waals surface area (Å²) >= 11 is 5.84. The molecular formula is C14H14ClNO3S. The average molecular weight is 312 g/mol. The SMILES string of the molecule is COc1ccccc1CS(=O)(=O)c1cc(Cl)ccc1N. The molecule has 2 aromatic carbocycles. The Balaban J connectivity index is 2.43. The number of para-hydroxylation sites is 1. The Kier molecular flexibility index (Phi) is 4.20. The summed E-state index contributed by atoms with van der Waals surface area (Å²) in [6.07, 6.45) is 0. The Labute approximate surface area is 123 Å². The third kappa shape index (κ3) is 3.05. The average Bonchev–Trinajstić information content (AvgIpc) is 2.41. The van der Waals surface area contributed by atoms with Crippen LogP contribution >= 0.6 is 11.6 Å². The molecule has 20 heavy (non-hydrogen) atoms. The number of benzene rings is 2. The zero-order chi connectivity index (χ0) is 14.8. The first kappa shape index (κ1) is 14.7. The molecule has 0 aliphatic rings. The van der Waals surface area contributed by atoms with Crippen molar-refractivity contribution in [2.45, 2.75) is 10.6 Å². The Bertz CT molecular complexity index is 729. The van der Waals surface area contributed by atoms with Crippen molar-refractivity contribution in [1.82, 2.24) is 0 Å². The van der Waals surface area contributed by atoms with Gasteiger partial charge in [-0.15, -0.1) is 0 Å². The van der Waals surface area contributed by atoms with E-state index in [4.69, 9.17) is 22.1 Å². The second kappa shape index (κ2) is 5.73. The zero-order valence-corrected chi connectivity index (χ0v) is 12.4. The summed E-state index contributed by atoms with van der Waals surface area (Å²) < 4.78 is 30.1. The number of ether oxygens (including phenoxy) is 1. The van der Waals surface area contributed by atoms with Gasteiger partial charge in [0.05, 0.1) is 23.4 Å². The van der Waals surface area contributed by atoms with E-state index >= 15 is 0 Å². The summed E-state index contributed by atoms with van der Waals surface area (Å²) in [4.78, 5) is 0.0379. The van der Waals surface area contributed by atoms with Crippen molar-refractivity contribution in [2.24, 2.45) is 0 Å². The Morgan fingerprint density at radius 2 is 1.90 bits per heavy atom. The van der Waals surface area contributed by atoms with Gasteiger partial charge in [0.15, 0.2) is 9.84 Å². The van der Waals surface area contributed by atoms with Crippen LogP contribution in [0.3, 0.4) is 0 Å². The molecule has 0 bridgehead atoms. The molecule has 0 aromatic heterocycles. The molecule has 2 aromatic rings. The van der Waals surface area contributed by atoms with Gasteiger partial charge in [0, 0.05) is 10.6 Å². The highest BCUT2D eigenvalue weighted by Gasteiger charge is 2.20. The molecule has 0 radical (unpaired) electrons. The van der Waals surface area contributed by atoms with E-state index in [1.807, 2.05) is 0 Å². The van der Waals surface area contributed by atoms with Gasteiger partial charge in [0.2, 0.25) is 0 Å². The van der Waals surface area contributed by atoms with Crippen LogP contribution in [0.2, 0.25) is 5.02 Å². The van der Waals surface area contributed by atoms with Crippen LogP contribution in [0.4, 0.5) is 5.69 Å². The molecule has 0 aliphatic carbocycles. The van der Waals surface area contributed by atoms with Gasteiger partial charge in [-0.25, -0.2) is 8.42 Å². The number of nitrogen functional groups attached to an aromatic ring is 1. The maximum Gasteiger partial charge on any atom is 0.184 e. The predicted octanol–water partition coefficient (Wildman–Crippen LogP) is 2.90. The van der Waals surface area contributed by atoms with Gasteiger partial charge < -0.3 is 10.5 Å². The van der Waals surface area contributed by atoms with E-state index in [-0.39, 0.29) is 16.3 Å². The fourth-order valence-electron chi connectivity index (χ4n) is 1.88. The minimum absolute atomic E-state index is 0.0379. The summed E-state index contributed by atoms with van der Waals surface area (Å²) in [6, 6.07) is 11.4. The highest BCUT2D eigenvalue weighted by atomic mass is 35.5. The van der Waals surface area contributed by atoms with E-state index in [1.54, 1.807) is 30.3 Å². The first-order valence-electron chi connectivity index (χ1n) is 5.84. The van der Waals surface area contributed by atoms with Crippen molar-refractivity contribution < 1.29 is 13.2 Å². The second-order valence-electron chi connectivity index (χ2n) is 4.25. The molecule has 0 unspecified atom stereocenters. The molecule has 4 nitrogen and oxygen atoms in total. The van der Waals surface area contributed by atoms with Crippen molar-refractivity contribution in [1.29, 1.82) is 0 Å². The third-order valence-electron chi connectivity index (χ3n) is 2.85. The standard InChI is InChI=1S/C14H14ClNO3S/c1-19-13-5-3-2-4-10(13)9-20(17,18)14-8-11(15)6-7-12(14)16/h2-8H,9,16H2,1H3. The van der Waals surface area contributed by atoms with Gasteiger partial charge in [-0.1, -0.05) is 29.8 Å². The molecule has 0 aliphatic heterocycles. The van der Waals surface area contributed by atoms with E-state index in [9.17, 15) is 8.42 Å². The third-order valence-corrected chi connectivity index (χ3v) is 4.80. The van der Waals surface area contributed by atoms with Crippen LogP contribution in [0.25, 0.3) is 0 Å². The smallest absolute Gasteiger partial charge is 0.184 e. The summed E-state index contributed by atoms with van der Waals surface area (Å²) in [5.41, 5.74) is 6.49. The van der Waals surface area contributed by atoms with Gasteiger partial charge in [-0.3, -0.25) is 0 Å². The molecule has 6 heteroatoms. The Morgan fingerprint density at radius 3 is 2.60 bits per heavy atom. The molecule has 2 rings (SSSR count). The largest absolute Gasteiger partial charge is 0.496 e. The predicted molar refractivity (Wildman–Crippen MR) is 79.7 cm³/mol. The molecule has 106 valence electrons. The highest BCUT2D eigenvalue weighted by Crippen LogP contribution is 2.28. The van der Waals surface area contributed by atoms with Gasteiger partial charge in [0.1, 0.15) is 5.75 Å². The summed E-state index contributed by atoms with van der Waals surface area (Å²) in [5, 5.41) is 0.331. The molecule has 0 saturated carbocycles. The van der Waals surface area contributed by atoms with Crippen LogP contribution in [0.15, 0.2) is 47.4 Å². The van der Waals surface area contributed by atoms with E-state index < -0.39 is 9.84 Å². The van der Waals surface area contributed by atoms with E-state index in [0.717, 1.165) is 0 Å². The summed E-state index contributed by atoms with van der Waals surface area (Å²) in [7, 11) is -2.09. The summed E-state index contributed by atoms with van der Waals surface area (Å²) in [5.74, 6) is 0.332. The lowest BCUT2D eigenvalue weighted by Gasteiger charge is -2.11. The van der Waals surface area contributed by atoms with Crippen LogP contribution in [0.1, 0.15) is 5.56 Å². The van der Waals surface area contributed by atoms with E-state index in [1.165, 1.54) is 19.2 Å². The molecular weight excluding hydrogens is 298 g/mol. The van der Waals surface area contributed by atoms with Crippen LogP contribution in [0.5, 0.6) is 5.75 Å². The fourth-order valence-corrected chi connectivity index (χ4v) is 3.66. The Hall–Kier alpha value is -1.72. The first-order chi connectivity index (χ1) is 9.44. The van der Waals surface area contributed by atoms with Crippen LogP contribution in [0, 0.1) is 0 Å². The molecule has 0 atom stereocenters. The minimum atomic E-state index is -3.59.